The van der Waals surface area contributed by atoms with E-state index >= 15 is 0 Å². The Hall–Kier alpha value is -1.68. The van der Waals surface area contributed by atoms with Crippen LogP contribution in [0.1, 0.15) is 12.0 Å². The standard InChI is InChI=1S/C15H21NO7S/c1-21-12-5-6-23-9-11(12)16-24(19,20)14-7-10(8-15(17)18)3-4-13(14)22-2/h3-4,7,11-12,16H,5-6,8-9H2,1-2H3,(H,17,18)/t11-,12-/m1/s1. The Kier molecular flexibility index (Phi) is 6.16. The van der Waals surface area contributed by atoms with Crippen LogP contribution >= 0.6 is 0 Å². The van der Waals surface area contributed by atoms with E-state index in [9.17, 15) is 13.2 Å². The Morgan fingerprint density at radius 3 is 2.79 bits per heavy atom. The third kappa shape index (κ3) is 4.44. The number of aliphatic carboxylic acids is 1. The topological polar surface area (TPSA) is 111 Å². The van der Waals surface area contributed by atoms with Crippen molar-refractivity contribution in [2.75, 3.05) is 27.4 Å². The van der Waals surface area contributed by atoms with E-state index in [1.54, 1.807) is 0 Å². The molecule has 0 bridgehead atoms. The lowest BCUT2D eigenvalue weighted by Crippen LogP contribution is -2.50. The first kappa shape index (κ1) is 18.7. The van der Waals surface area contributed by atoms with E-state index in [1.165, 1.54) is 32.4 Å². The monoisotopic (exact) mass is 359 g/mol. The molecule has 2 atom stereocenters. The fourth-order valence-corrected chi connectivity index (χ4v) is 4.06. The maximum atomic E-state index is 12.7. The lowest BCUT2D eigenvalue weighted by atomic mass is 10.1. The summed E-state index contributed by atoms with van der Waals surface area (Å²) in [5, 5.41) is 8.89. The Morgan fingerprint density at radius 1 is 1.42 bits per heavy atom. The van der Waals surface area contributed by atoms with Gasteiger partial charge in [0.2, 0.25) is 10.0 Å². The van der Waals surface area contributed by atoms with E-state index in [0.717, 1.165) is 0 Å². The maximum absolute atomic E-state index is 12.7. The van der Waals surface area contributed by atoms with Gasteiger partial charge >= 0.3 is 5.97 Å². The number of methoxy groups -OCH3 is 2. The number of rotatable bonds is 7. The highest BCUT2D eigenvalue weighted by Gasteiger charge is 2.31. The average Bonchev–Trinajstić information content (AvgIpc) is 2.54. The number of ether oxygens (including phenoxy) is 3. The molecule has 9 heteroatoms. The van der Waals surface area contributed by atoms with Gasteiger partial charge in [-0.3, -0.25) is 4.79 Å². The van der Waals surface area contributed by atoms with Gasteiger partial charge in [-0.1, -0.05) is 6.07 Å². The molecule has 1 fully saturated rings. The number of benzene rings is 1. The van der Waals surface area contributed by atoms with Crippen molar-refractivity contribution in [2.24, 2.45) is 0 Å². The van der Waals surface area contributed by atoms with Crippen LogP contribution in [0.4, 0.5) is 0 Å². The summed E-state index contributed by atoms with van der Waals surface area (Å²) >= 11 is 0. The highest BCUT2D eigenvalue weighted by Crippen LogP contribution is 2.26. The van der Waals surface area contributed by atoms with Crippen LogP contribution in [-0.2, 0) is 30.7 Å². The van der Waals surface area contributed by atoms with Crippen molar-refractivity contribution in [3.05, 3.63) is 23.8 Å². The molecule has 0 radical (unpaired) electrons. The number of carboxylic acids is 1. The zero-order valence-electron chi connectivity index (χ0n) is 13.5. The minimum Gasteiger partial charge on any atom is -0.495 e. The van der Waals surface area contributed by atoms with Crippen LogP contribution in [0.5, 0.6) is 5.75 Å². The second-order valence-electron chi connectivity index (χ2n) is 5.42. The van der Waals surface area contributed by atoms with Crippen molar-refractivity contribution < 1.29 is 32.5 Å². The zero-order valence-corrected chi connectivity index (χ0v) is 14.3. The summed E-state index contributed by atoms with van der Waals surface area (Å²) < 4.78 is 43.7. The van der Waals surface area contributed by atoms with Crippen molar-refractivity contribution in [3.8, 4) is 5.75 Å². The van der Waals surface area contributed by atoms with E-state index in [-0.39, 0.29) is 29.8 Å². The first-order chi connectivity index (χ1) is 11.4. The molecule has 8 nitrogen and oxygen atoms in total. The number of hydrogen-bond acceptors (Lipinski definition) is 6. The predicted molar refractivity (Wildman–Crippen MR) is 84.7 cm³/mol. The van der Waals surface area contributed by atoms with Crippen molar-refractivity contribution in [1.82, 2.24) is 4.72 Å². The third-order valence-corrected chi connectivity index (χ3v) is 5.29. The molecule has 2 N–H and O–H groups in total. The van der Waals surface area contributed by atoms with E-state index in [1.807, 2.05) is 0 Å². The molecule has 1 aromatic carbocycles. The van der Waals surface area contributed by atoms with Gasteiger partial charge in [-0.15, -0.1) is 0 Å². The molecule has 0 amide bonds. The molecule has 1 aromatic rings. The van der Waals surface area contributed by atoms with Crippen LogP contribution in [0.15, 0.2) is 23.1 Å². The van der Waals surface area contributed by atoms with Crippen molar-refractivity contribution in [2.45, 2.75) is 29.9 Å². The van der Waals surface area contributed by atoms with E-state index in [2.05, 4.69) is 4.72 Å². The van der Waals surface area contributed by atoms with Crippen LogP contribution < -0.4 is 9.46 Å². The molecule has 24 heavy (non-hydrogen) atoms. The third-order valence-electron chi connectivity index (χ3n) is 3.78. The van der Waals surface area contributed by atoms with Crippen molar-refractivity contribution in [1.29, 1.82) is 0 Å². The molecular weight excluding hydrogens is 338 g/mol. The van der Waals surface area contributed by atoms with Crippen LogP contribution in [0, 0.1) is 0 Å². The van der Waals surface area contributed by atoms with Gasteiger partial charge in [0.25, 0.3) is 0 Å². The Bertz CT molecular complexity index is 689. The first-order valence-corrected chi connectivity index (χ1v) is 8.87. The highest BCUT2D eigenvalue weighted by atomic mass is 32.2. The summed E-state index contributed by atoms with van der Waals surface area (Å²) in [4.78, 5) is 10.7. The second-order valence-corrected chi connectivity index (χ2v) is 7.10. The van der Waals surface area contributed by atoms with Gasteiger partial charge in [-0.2, -0.15) is 0 Å². The molecule has 1 saturated heterocycles. The van der Waals surface area contributed by atoms with Crippen LogP contribution in [0.3, 0.4) is 0 Å². The van der Waals surface area contributed by atoms with Crippen LogP contribution in [0.2, 0.25) is 0 Å². The summed E-state index contributed by atoms with van der Waals surface area (Å²) in [6, 6.07) is 3.74. The van der Waals surface area contributed by atoms with Gasteiger partial charge in [0, 0.05) is 13.7 Å². The first-order valence-electron chi connectivity index (χ1n) is 7.39. The fourth-order valence-electron chi connectivity index (χ4n) is 2.59. The summed E-state index contributed by atoms with van der Waals surface area (Å²) in [5.74, 6) is -0.904. The van der Waals surface area contributed by atoms with Gasteiger partial charge in [0.05, 0.1) is 32.3 Å². The molecule has 0 aromatic heterocycles. The largest absolute Gasteiger partial charge is 0.495 e. The normalized spacial score (nSPS) is 21.4. The molecule has 0 saturated carbocycles. The van der Waals surface area contributed by atoms with E-state index in [4.69, 9.17) is 19.3 Å². The van der Waals surface area contributed by atoms with E-state index < -0.39 is 22.0 Å². The SMILES string of the molecule is COc1ccc(CC(=O)O)cc1S(=O)(=O)N[C@@H]1COCC[C@H]1OC. The molecular formula is C15H21NO7S. The molecule has 0 spiro atoms. The highest BCUT2D eigenvalue weighted by molar-refractivity contribution is 7.89. The summed E-state index contributed by atoms with van der Waals surface area (Å²) in [6.07, 6.45) is 0.0151. The second kappa shape index (κ2) is 7.93. The summed E-state index contributed by atoms with van der Waals surface area (Å²) in [6.45, 7) is 0.711. The number of sulfonamides is 1. The lowest BCUT2D eigenvalue weighted by Gasteiger charge is -2.30. The summed E-state index contributed by atoms with van der Waals surface area (Å²) in [5.41, 5.74) is 0.367. The Balaban J connectivity index is 2.31. The van der Waals surface area contributed by atoms with Crippen molar-refractivity contribution >= 4 is 16.0 Å². The number of hydrogen-bond donors (Lipinski definition) is 2. The van der Waals surface area contributed by atoms with Gasteiger partial charge in [-0.05, 0) is 24.1 Å². The Labute approximate surface area is 140 Å². The van der Waals surface area contributed by atoms with Gasteiger partial charge in [-0.25, -0.2) is 13.1 Å². The molecule has 1 aliphatic rings. The smallest absolute Gasteiger partial charge is 0.307 e. The molecule has 0 aliphatic carbocycles. The molecule has 0 unspecified atom stereocenters. The molecule has 1 aliphatic heterocycles. The summed E-state index contributed by atoms with van der Waals surface area (Å²) in [7, 11) is -1.06. The Morgan fingerprint density at radius 2 is 2.17 bits per heavy atom. The lowest BCUT2D eigenvalue weighted by molar-refractivity contribution is -0.136. The molecule has 1 heterocycles. The van der Waals surface area contributed by atoms with E-state index in [0.29, 0.717) is 18.6 Å². The maximum Gasteiger partial charge on any atom is 0.307 e. The van der Waals surface area contributed by atoms with Crippen LogP contribution in [-0.4, -0.2) is 59.1 Å². The number of carboxylic acid groups (broad SMARTS) is 1. The average molecular weight is 359 g/mol. The van der Waals surface area contributed by atoms with Gasteiger partial charge < -0.3 is 19.3 Å². The fraction of sp³-hybridized carbons (Fsp3) is 0.533. The number of nitrogens with one attached hydrogen (secondary N) is 1. The van der Waals surface area contributed by atoms with Gasteiger partial charge in [0.15, 0.2) is 0 Å². The van der Waals surface area contributed by atoms with Gasteiger partial charge in [0.1, 0.15) is 10.6 Å². The minimum absolute atomic E-state index is 0.107. The van der Waals surface area contributed by atoms with Crippen LogP contribution in [0.25, 0.3) is 0 Å². The zero-order chi connectivity index (χ0) is 17.7. The van der Waals surface area contributed by atoms with Crippen molar-refractivity contribution in [3.63, 3.8) is 0 Å². The molecule has 134 valence electrons. The predicted octanol–water partition coefficient (Wildman–Crippen LogP) is 0.405. The number of carbonyl (C=O) groups is 1. The molecule has 2 rings (SSSR count). The minimum atomic E-state index is -3.93. The quantitative estimate of drug-likeness (QED) is 0.725.